The van der Waals surface area contributed by atoms with Gasteiger partial charge in [-0.1, -0.05) is 24.3 Å². The minimum Gasteiger partial charge on any atom is -0.493 e. The number of rotatable bonds is 7. The highest BCUT2D eigenvalue weighted by atomic mass is 16.5. The topological polar surface area (TPSA) is 46.2 Å². The molecule has 5 heteroatoms. The van der Waals surface area contributed by atoms with Crippen molar-refractivity contribution < 1.29 is 23.7 Å². The summed E-state index contributed by atoms with van der Waals surface area (Å²) in [6.45, 7) is 0. The van der Waals surface area contributed by atoms with Crippen LogP contribution >= 0.6 is 0 Å². The van der Waals surface area contributed by atoms with Gasteiger partial charge in [-0.3, -0.25) is 0 Å². The van der Waals surface area contributed by atoms with Gasteiger partial charge in [0.05, 0.1) is 35.5 Å². The molecule has 0 spiro atoms. The average molecular weight is 330 g/mol. The van der Waals surface area contributed by atoms with E-state index in [0.29, 0.717) is 28.7 Å². The summed E-state index contributed by atoms with van der Waals surface area (Å²) >= 11 is 0. The minimum absolute atomic E-state index is 0.566. The molecule has 0 unspecified atom stereocenters. The summed E-state index contributed by atoms with van der Waals surface area (Å²) < 4.78 is 26.8. The number of benzene rings is 2. The van der Waals surface area contributed by atoms with E-state index in [1.54, 1.807) is 35.5 Å². The number of ether oxygens (including phenoxy) is 5. The van der Waals surface area contributed by atoms with Gasteiger partial charge in [0.2, 0.25) is 5.75 Å². The smallest absolute Gasteiger partial charge is 0.203 e. The van der Waals surface area contributed by atoms with E-state index in [2.05, 4.69) is 0 Å². The van der Waals surface area contributed by atoms with Gasteiger partial charge in [-0.15, -0.1) is 0 Å². The van der Waals surface area contributed by atoms with Crippen LogP contribution in [-0.2, 0) is 0 Å². The molecule has 2 aromatic rings. The van der Waals surface area contributed by atoms with Crippen LogP contribution in [0.3, 0.4) is 0 Å². The highest BCUT2D eigenvalue weighted by Gasteiger charge is 2.12. The maximum absolute atomic E-state index is 5.44. The molecule has 128 valence electrons. The number of hydrogen-bond acceptors (Lipinski definition) is 5. The molecule has 0 saturated carbocycles. The largest absolute Gasteiger partial charge is 0.493 e. The van der Waals surface area contributed by atoms with Gasteiger partial charge in [-0.05, 0) is 23.8 Å². The fraction of sp³-hybridized carbons (Fsp3) is 0.263. The van der Waals surface area contributed by atoms with Crippen LogP contribution < -0.4 is 23.7 Å². The molecule has 5 nitrogen and oxygen atoms in total. The Morgan fingerprint density at radius 1 is 0.625 bits per heavy atom. The Labute approximate surface area is 142 Å². The zero-order chi connectivity index (χ0) is 17.5. The van der Waals surface area contributed by atoms with Crippen molar-refractivity contribution in [2.75, 3.05) is 35.5 Å². The van der Waals surface area contributed by atoms with Gasteiger partial charge in [0.1, 0.15) is 0 Å². The Morgan fingerprint density at radius 3 is 1.71 bits per heavy atom. The monoisotopic (exact) mass is 330 g/mol. The van der Waals surface area contributed by atoms with Crippen molar-refractivity contribution in [2.24, 2.45) is 0 Å². The van der Waals surface area contributed by atoms with Crippen molar-refractivity contribution in [1.82, 2.24) is 0 Å². The van der Waals surface area contributed by atoms with E-state index in [1.165, 1.54) is 0 Å². The molecule has 0 heterocycles. The number of hydrogen-bond donors (Lipinski definition) is 0. The van der Waals surface area contributed by atoms with Crippen molar-refractivity contribution >= 4 is 12.2 Å². The van der Waals surface area contributed by atoms with Crippen molar-refractivity contribution in [2.45, 2.75) is 0 Å². The molecule has 24 heavy (non-hydrogen) atoms. The molecule has 0 aliphatic heterocycles. The molecule has 2 aromatic carbocycles. The standard InChI is InChI=1S/C19H22O5/c1-20-15-8-6-7-14(18(15)23-4)10-9-13-11-16(21-2)19(24-5)17(12-13)22-3/h6-12H,1-5H3/b10-9+. The molecule has 0 N–H and O–H groups in total. The SMILES string of the molecule is COc1cccc(/C=C/c2cc(OC)c(OC)c(OC)c2)c1OC. The third kappa shape index (κ3) is 3.56. The molecular formula is C19H22O5. The Hall–Kier alpha value is -2.82. The van der Waals surface area contributed by atoms with Crippen LogP contribution in [0.4, 0.5) is 0 Å². The van der Waals surface area contributed by atoms with Gasteiger partial charge in [0.25, 0.3) is 0 Å². The van der Waals surface area contributed by atoms with Crippen molar-refractivity contribution in [3.63, 3.8) is 0 Å². The minimum atomic E-state index is 0.566. The van der Waals surface area contributed by atoms with Crippen LogP contribution in [0.2, 0.25) is 0 Å². The summed E-state index contributed by atoms with van der Waals surface area (Å²) in [5.41, 5.74) is 1.82. The van der Waals surface area contributed by atoms with Crippen molar-refractivity contribution in [3.05, 3.63) is 41.5 Å². The lowest BCUT2D eigenvalue weighted by molar-refractivity contribution is 0.324. The van der Waals surface area contributed by atoms with Gasteiger partial charge in [-0.25, -0.2) is 0 Å². The predicted molar refractivity (Wildman–Crippen MR) is 94.6 cm³/mol. The summed E-state index contributed by atoms with van der Waals surface area (Å²) in [4.78, 5) is 0. The average Bonchev–Trinajstić information content (AvgIpc) is 2.64. The Balaban J connectivity index is 2.43. The van der Waals surface area contributed by atoms with E-state index >= 15 is 0 Å². The third-order valence-corrected chi connectivity index (χ3v) is 3.58. The van der Waals surface area contributed by atoms with Crippen LogP contribution in [0.15, 0.2) is 30.3 Å². The van der Waals surface area contributed by atoms with E-state index in [0.717, 1.165) is 11.1 Å². The molecule has 0 aromatic heterocycles. The fourth-order valence-corrected chi connectivity index (χ4v) is 2.43. The molecule has 0 atom stereocenters. The fourth-order valence-electron chi connectivity index (χ4n) is 2.43. The summed E-state index contributed by atoms with van der Waals surface area (Å²) in [6, 6.07) is 9.48. The van der Waals surface area contributed by atoms with Crippen LogP contribution in [0, 0.1) is 0 Å². The van der Waals surface area contributed by atoms with E-state index in [9.17, 15) is 0 Å². The summed E-state index contributed by atoms with van der Waals surface area (Å²) in [5.74, 6) is 3.15. The summed E-state index contributed by atoms with van der Waals surface area (Å²) in [6.07, 6.45) is 3.89. The normalized spacial score (nSPS) is 10.5. The van der Waals surface area contributed by atoms with Crippen LogP contribution in [0.1, 0.15) is 11.1 Å². The zero-order valence-corrected chi connectivity index (χ0v) is 14.6. The van der Waals surface area contributed by atoms with Crippen LogP contribution in [0.5, 0.6) is 28.7 Å². The van der Waals surface area contributed by atoms with Gasteiger partial charge in [0, 0.05) is 5.56 Å². The van der Waals surface area contributed by atoms with E-state index in [-0.39, 0.29) is 0 Å². The number of methoxy groups -OCH3 is 5. The first-order chi connectivity index (χ1) is 11.7. The lowest BCUT2D eigenvalue weighted by Gasteiger charge is -2.13. The molecule has 0 radical (unpaired) electrons. The van der Waals surface area contributed by atoms with Gasteiger partial charge >= 0.3 is 0 Å². The second-order valence-electron chi connectivity index (χ2n) is 4.87. The Morgan fingerprint density at radius 2 is 1.21 bits per heavy atom. The van der Waals surface area contributed by atoms with Crippen molar-refractivity contribution in [1.29, 1.82) is 0 Å². The van der Waals surface area contributed by atoms with E-state index in [4.69, 9.17) is 23.7 Å². The van der Waals surface area contributed by atoms with Crippen LogP contribution in [0.25, 0.3) is 12.2 Å². The Kier molecular flexibility index (Phi) is 5.95. The zero-order valence-electron chi connectivity index (χ0n) is 14.6. The maximum atomic E-state index is 5.44. The molecule has 0 amide bonds. The van der Waals surface area contributed by atoms with E-state index < -0.39 is 0 Å². The molecular weight excluding hydrogens is 308 g/mol. The third-order valence-electron chi connectivity index (χ3n) is 3.58. The lowest BCUT2D eigenvalue weighted by atomic mass is 10.1. The molecule has 0 fully saturated rings. The summed E-state index contributed by atoms with van der Waals surface area (Å²) in [7, 11) is 8.00. The lowest BCUT2D eigenvalue weighted by Crippen LogP contribution is -1.95. The second-order valence-corrected chi connectivity index (χ2v) is 4.87. The van der Waals surface area contributed by atoms with Crippen molar-refractivity contribution in [3.8, 4) is 28.7 Å². The van der Waals surface area contributed by atoms with Gasteiger partial charge in [0.15, 0.2) is 23.0 Å². The molecule has 0 aliphatic carbocycles. The highest BCUT2D eigenvalue weighted by molar-refractivity contribution is 5.76. The van der Waals surface area contributed by atoms with Gasteiger partial charge in [-0.2, -0.15) is 0 Å². The first kappa shape index (κ1) is 17.5. The van der Waals surface area contributed by atoms with Gasteiger partial charge < -0.3 is 23.7 Å². The maximum Gasteiger partial charge on any atom is 0.203 e. The first-order valence-corrected chi connectivity index (χ1v) is 7.37. The Bertz CT molecular complexity index is 697. The predicted octanol–water partition coefficient (Wildman–Crippen LogP) is 3.90. The van der Waals surface area contributed by atoms with Crippen LogP contribution in [-0.4, -0.2) is 35.5 Å². The quantitative estimate of drug-likeness (QED) is 0.721. The second kappa shape index (κ2) is 8.15. The number of para-hydroxylation sites is 1. The molecule has 0 aliphatic rings. The highest BCUT2D eigenvalue weighted by Crippen LogP contribution is 2.39. The van der Waals surface area contributed by atoms with E-state index in [1.807, 2.05) is 42.5 Å². The summed E-state index contributed by atoms with van der Waals surface area (Å²) in [5, 5.41) is 0. The molecule has 2 rings (SSSR count). The first-order valence-electron chi connectivity index (χ1n) is 7.37. The molecule has 0 bridgehead atoms. The molecule has 0 saturated heterocycles.